The van der Waals surface area contributed by atoms with Crippen LogP contribution in [0.2, 0.25) is 0 Å². The van der Waals surface area contributed by atoms with E-state index in [2.05, 4.69) is 37.1 Å². The maximum atomic E-state index is 5.96. The summed E-state index contributed by atoms with van der Waals surface area (Å²) in [4.78, 5) is 0. The van der Waals surface area contributed by atoms with Crippen LogP contribution >= 0.6 is 0 Å². The third-order valence-corrected chi connectivity index (χ3v) is 2.80. The highest BCUT2D eigenvalue weighted by atomic mass is 15.3. The molecule has 0 unspecified atom stereocenters. The summed E-state index contributed by atoms with van der Waals surface area (Å²) < 4.78 is 1.83. The summed E-state index contributed by atoms with van der Waals surface area (Å²) in [5.74, 6) is 0.477. The van der Waals surface area contributed by atoms with Crippen molar-refractivity contribution in [2.75, 3.05) is 5.73 Å². The van der Waals surface area contributed by atoms with Gasteiger partial charge in [-0.15, -0.1) is 0 Å². The largest absolute Gasteiger partial charge is 0.396 e. The Morgan fingerprint density at radius 1 is 1.25 bits per heavy atom. The highest BCUT2D eigenvalue weighted by Crippen LogP contribution is 2.31. The third kappa shape index (κ3) is 1.69. The number of benzene rings is 1. The molecule has 2 N–H and O–H groups in total. The summed E-state index contributed by atoms with van der Waals surface area (Å²) in [5, 5.41) is 4.18. The van der Waals surface area contributed by atoms with E-state index in [1.165, 1.54) is 11.1 Å². The van der Waals surface area contributed by atoms with Gasteiger partial charge in [-0.1, -0.05) is 38.1 Å². The fraction of sp³-hybridized carbons (Fsp3) is 0.308. The van der Waals surface area contributed by atoms with Crippen molar-refractivity contribution in [1.82, 2.24) is 9.78 Å². The van der Waals surface area contributed by atoms with Gasteiger partial charge in [-0.3, -0.25) is 4.68 Å². The van der Waals surface area contributed by atoms with E-state index in [-0.39, 0.29) is 0 Å². The number of aryl methyl sites for hydroxylation is 1. The Bertz CT molecular complexity index is 478. The normalized spacial score (nSPS) is 11.0. The van der Waals surface area contributed by atoms with Crippen molar-refractivity contribution < 1.29 is 0 Å². The lowest BCUT2D eigenvalue weighted by Crippen LogP contribution is -2.00. The van der Waals surface area contributed by atoms with Crippen LogP contribution < -0.4 is 5.73 Å². The van der Waals surface area contributed by atoms with Gasteiger partial charge in [-0.25, -0.2) is 0 Å². The first-order valence-corrected chi connectivity index (χ1v) is 5.48. The molecular weight excluding hydrogens is 198 g/mol. The molecule has 1 aromatic carbocycles. The number of nitrogens with two attached hydrogens (primary N) is 1. The average molecular weight is 215 g/mol. The Hall–Kier alpha value is -1.77. The van der Waals surface area contributed by atoms with Crippen molar-refractivity contribution in [3.63, 3.8) is 0 Å². The lowest BCUT2D eigenvalue weighted by Gasteiger charge is -2.13. The number of nitrogens with zero attached hydrogens (tertiary/aromatic N) is 2. The number of rotatable bonds is 2. The maximum Gasteiger partial charge on any atom is 0.0911 e. The maximum absolute atomic E-state index is 5.96. The standard InChI is InChI=1S/C13H17N3/c1-9(2)10-6-4-5-7-11(10)13-12(14)8-15-16(13)3/h4-9H,14H2,1-3H3. The van der Waals surface area contributed by atoms with Gasteiger partial charge in [0, 0.05) is 12.6 Å². The number of hydrogen-bond acceptors (Lipinski definition) is 2. The van der Waals surface area contributed by atoms with Crippen LogP contribution in [0.25, 0.3) is 11.3 Å². The van der Waals surface area contributed by atoms with E-state index in [0.717, 1.165) is 11.4 Å². The second-order valence-electron chi connectivity index (χ2n) is 4.31. The first-order chi connectivity index (χ1) is 7.61. The molecule has 0 aliphatic carbocycles. The molecule has 1 aromatic heterocycles. The molecule has 0 amide bonds. The zero-order chi connectivity index (χ0) is 11.7. The van der Waals surface area contributed by atoms with Crippen LogP contribution in [0.15, 0.2) is 30.5 Å². The van der Waals surface area contributed by atoms with Gasteiger partial charge >= 0.3 is 0 Å². The molecule has 0 bridgehead atoms. The van der Waals surface area contributed by atoms with E-state index in [4.69, 9.17) is 5.73 Å². The van der Waals surface area contributed by atoms with Crippen molar-refractivity contribution in [1.29, 1.82) is 0 Å². The topological polar surface area (TPSA) is 43.8 Å². The Morgan fingerprint density at radius 2 is 1.94 bits per heavy atom. The molecule has 0 saturated heterocycles. The lowest BCUT2D eigenvalue weighted by atomic mass is 9.95. The van der Waals surface area contributed by atoms with Gasteiger partial charge in [-0.2, -0.15) is 5.10 Å². The highest BCUT2D eigenvalue weighted by molar-refractivity contribution is 5.75. The van der Waals surface area contributed by atoms with Crippen molar-refractivity contribution >= 4 is 5.69 Å². The molecule has 0 spiro atoms. The molecule has 0 atom stereocenters. The minimum absolute atomic E-state index is 0.477. The Morgan fingerprint density at radius 3 is 2.50 bits per heavy atom. The molecule has 1 heterocycles. The van der Waals surface area contributed by atoms with Gasteiger partial charge in [0.05, 0.1) is 17.6 Å². The molecule has 0 aliphatic rings. The molecule has 2 aromatic rings. The molecule has 0 fully saturated rings. The molecule has 3 nitrogen and oxygen atoms in total. The third-order valence-electron chi connectivity index (χ3n) is 2.80. The van der Waals surface area contributed by atoms with Crippen molar-refractivity contribution in [3.05, 3.63) is 36.0 Å². The van der Waals surface area contributed by atoms with Gasteiger partial charge in [0.1, 0.15) is 0 Å². The average Bonchev–Trinajstić information content (AvgIpc) is 2.58. The van der Waals surface area contributed by atoms with Crippen LogP contribution in [-0.4, -0.2) is 9.78 Å². The monoisotopic (exact) mass is 215 g/mol. The second-order valence-corrected chi connectivity index (χ2v) is 4.31. The number of hydrogen-bond donors (Lipinski definition) is 1. The van der Waals surface area contributed by atoms with E-state index in [9.17, 15) is 0 Å². The molecule has 0 saturated carbocycles. The van der Waals surface area contributed by atoms with Gasteiger partial charge in [0.15, 0.2) is 0 Å². The van der Waals surface area contributed by atoms with E-state index < -0.39 is 0 Å². The predicted octanol–water partition coefficient (Wildman–Crippen LogP) is 2.79. The van der Waals surface area contributed by atoms with Crippen LogP contribution in [0.3, 0.4) is 0 Å². The molecule has 0 radical (unpaired) electrons. The van der Waals surface area contributed by atoms with Crippen LogP contribution in [0, 0.1) is 0 Å². The zero-order valence-electron chi connectivity index (χ0n) is 9.94. The van der Waals surface area contributed by atoms with Crippen molar-refractivity contribution in [3.8, 4) is 11.3 Å². The first kappa shape index (κ1) is 10.7. The SMILES string of the molecule is CC(C)c1ccccc1-c1c(N)cnn1C. The van der Waals surface area contributed by atoms with Crippen molar-refractivity contribution in [2.24, 2.45) is 7.05 Å². The summed E-state index contributed by atoms with van der Waals surface area (Å²) in [6.45, 7) is 4.37. The first-order valence-electron chi connectivity index (χ1n) is 5.48. The molecular formula is C13H17N3. The highest BCUT2D eigenvalue weighted by Gasteiger charge is 2.13. The molecule has 2 rings (SSSR count). The van der Waals surface area contributed by atoms with Gasteiger partial charge in [-0.05, 0) is 11.5 Å². The Kier molecular flexibility index (Phi) is 2.69. The Balaban J connectivity index is 2.64. The fourth-order valence-electron chi connectivity index (χ4n) is 2.00. The van der Waals surface area contributed by atoms with E-state index in [1.807, 2.05) is 17.8 Å². The van der Waals surface area contributed by atoms with E-state index in [1.54, 1.807) is 6.20 Å². The Labute approximate surface area is 95.9 Å². The molecule has 0 aliphatic heterocycles. The zero-order valence-corrected chi connectivity index (χ0v) is 9.94. The summed E-state index contributed by atoms with van der Waals surface area (Å²) in [6, 6.07) is 8.34. The molecule has 16 heavy (non-hydrogen) atoms. The van der Waals surface area contributed by atoms with Crippen LogP contribution in [0.4, 0.5) is 5.69 Å². The van der Waals surface area contributed by atoms with Gasteiger partial charge in [0.25, 0.3) is 0 Å². The van der Waals surface area contributed by atoms with E-state index in [0.29, 0.717) is 5.92 Å². The molecule has 3 heteroatoms. The van der Waals surface area contributed by atoms with Gasteiger partial charge < -0.3 is 5.73 Å². The quantitative estimate of drug-likeness (QED) is 0.837. The number of anilines is 1. The van der Waals surface area contributed by atoms with Crippen LogP contribution in [-0.2, 0) is 7.05 Å². The molecule has 84 valence electrons. The van der Waals surface area contributed by atoms with Crippen LogP contribution in [0.1, 0.15) is 25.3 Å². The summed E-state index contributed by atoms with van der Waals surface area (Å²) in [7, 11) is 1.92. The second kappa shape index (κ2) is 4.00. The van der Waals surface area contributed by atoms with Crippen molar-refractivity contribution in [2.45, 2.75) is 19.8 Å². The fourth-order valence-corrected chi connectivity index (χ4v) is 2.00. The predicted molar refractivity (Wildman–Crippen MR) is 67.1 cm³/mol. The summed E-state index contributed by atoms with van der Waals surface area (Å²) >= 11 is 0. The summed E-state index contributed by atoms with van der Waals surface area (Å²) in [6.07, 6.45) is 1.70. The minimum Gasteiger partial charge on any atom is -0.396 e. The number of nitrogen functional groups attached to an aromatic ring is 1. The number of aromatic nitrogens is 2. The lowest BCUT2D eigenvalue weighted by molar-refractivity contribution is 0.772. The van der Waals surface area contributed by atoms with Crippen LogP contribution in [0.5, 0.6) is 0 Å². The van der Waals surface area contributed by atoms with E-state index >= 15 is 0 Å². The smallest absolute Gasteiger partial charge is 0.0911 e. The van der Waals surface area contributed by atoms with Gasteiger partial charge in [0.2, 0.25) is 0 Å². The summed E-state index contributed by atoms with van der Waals surface area (Å²) in [5.41, 5.74) is 10.2. The minimum atomic E-state index is 0.477.